The number of hydrogen-bond acceptors (Lipinski definition) is 3. The quantitative estimate of drug-likeness (QED) is 0.784. The number of aliphatic carboxylic acids is 1. The summed E-state index contributed by atoms with van der Waals surface area (Å²) in [6, 6.07) is 4.33. The lowest BCUT2D eigenvalue weighted by atomic mass is 10.2. The van der Waals surface area contributed by atoms with Crippen LogP contribution >= 0.6 is 0 Å². The van der Waals surface area contributed by atoms with Crippen LogP contribution in [0, 0.1) is 0 Å². The predicted octanol–water partition coefficient (Wildman–Crippen LogP) is 2.56. The average molecular weight is 246 g/mol. The molecule has 18 heavy (non-hydrogen) atoms. The first kappa shape index (κ1) is 12.6. The number of nitrogens with zero attached hydrogens (tertiary/aromatic N) is 2. The Morgan fingerprint density at radius 1 is 1.61 bits per heavy atom. The fraction of sp³-hybridized carbons (Fsp3) is 0.429. The smallest absolute Gasteiger partial charge is 0.328 e. The highest BCUT2D eigenvalue weighted by Crippen LogP contribution is 2.32. The lowest BCUT2D eigenvalue weighted by Crippen LogP contribution is -2.28. The molecule has 0 aliphatic heterocycles. The van der Waals surface area contributed by atoms with Gasteiger partial charge in [0.05, 0.1) is 0 Å². The first-order chi connectivity index (χ1) is 8.72. The van der Waals surface area contributed by atoms with Crippen LogP contribution in [0.4, 0.5) is 5.82 Å². The van der Waals surface area contributed by atoms with Gasteiger partial charge < -0.3 is 10.0 Å². The highest BCUT2D eigenvalue weighted by atomic mass is 16.4. The van der Waals surface area contributed by atoms with E-state index in [0.29, 0.717) is 6.04 Å². The minimum absolute atomic E-state index is 0.580. The van der Waals surface area contributed by atoms with Crippen molar-refractivity contribution in [1.29, 1.82) is 0 Å². The van der Waals surface area contributed by atoms with Crippen LogP contribution < -0.4 is 4.90 Å². The van der Waals surface area contributed by atoms with Crippen molar-refractivity contribution in [3.63, 3.8) is 0 Å². The SMILES string of the molecule is CCCN(c1ncccc1/C=C/C(=O)O)C1CC1. The second-order valence-corrected chi connectivity index (χ2v) is 4.51. The number of rotatable bonds is 6. The lowest BCUT2D eigenvalue weighted by molar-refractivity contribution is -0.131. The van der Waals surface area contributed by atoms with Gasteiger partial charge in [-0.25, -0.2) is 9.78 Å². The molecule has 0 bridgehead atoms. The summed E-state index contributed by atoms with van der Waals surface area (Å²) in [6.45, 7) is 3.11. The van der Waals surface area contributed by atoms with Crippen LogP contribution in [0.5, 0.6) is 0 Å². The van der Waals surface area contributed by atoms with Gasteiger partial charge in [0.15, 0.2) is 0 Å². The van der Waals surface area contributed by atoms with Gasteiger partial charge in [-0.05, 0) is 37.5 Å². The van der Waals surface area contributed by atoms with Crippen molar-refractivity contribution in [1.82, 2.24) is 4.98 Å². The predicted molar refractivity (Wildman–Crippen MR) is 71.6 cm³/mol. The summed E-state index contributed by atoms with van der Waals surface area (Å²) >= 11 is 0. The van der Waals surface area contributed by atoms with Crippen molar-refractivity contribution in [2.75, 3.05) is 11.4 Å². The standard InChI is InChI=1S/C14H18N2O2/c1-2-10-16(12-6-7-12)14-11(4-3-9-15-14)5-8-13(17)18/h3-5,8-9,12H,2,6-7,10H2,1H3,(H,17,18)/b8-5+. The van der Waals surface area contributed by atoms with Crippen LogP contribution in [0.25, 0.3) is 6.08 Å². The summed E-state index contributed by atoms with van der Waals surface area (Å²) in [5.41, 5.74) is 0.875. The molecule has 96 valence electrons. The van der Waals surface area contributed by atoms with E-state index in [2.05, 4.69) is 16.8 Å². The zero-order chi connectivity index (χ0) is 13.0. The van der Waals surface area contributed by atoms with Crippen LogP contribution in [0.2, 0.25) is 0 Å². The van der Waals surface area contributed by atoms with Gasteiger partial charge in [-0.3, -0.25) is 0 Å². The third kappa shape index (κ3) is 3.09. The molecule has 1 aromatic rings. The molecule has 1 N–H and O–H groups in total. The number of carboxylic acids is 1. The van der Waals surface area contributed by atoms with Crippen LogP contribution in [-0.4, -0.2) is 28.6 Å². The molecule has 0 radical (unpaired) electrons. The van der Waals surface area contributed by atoms with Gasteiger partial charge in [-0.1, -0.05) is 6.92 Å². The molecule has 1 saturated carbocycles. The summed E-state index contributed by atoms with van der Waals surface area (Å²) in [5.74, 6) is -0.0300. The van der Waals surface area contributed by atoms with Crippen molar-refractivity contribution in [3.8, 4) is 0 Å². The number of hydrogen-bond donors (Lipinski definition) is 1. The van der Waals surface area contributed by atoms with Crippen LogP contribution in [0.1, 0.15) is 31.7 Å². The number of pyridine rings is 1. The van der Waals surface area contributed by atoms with Gasteiger partial charge in [-0.2, -0.15) is 0 Å². The van der Waals surface area contributed by atoms with Gasteiger partial charge >= 0.3 is 5.97 Å². The summed E-state index contributed by atoms with van der Waals surface area (Å²) in [5, 5.41) is 8.71. The van der Waals surface area contributed by atoms with E-state index in [9.17, 15) is 4.79 Å². The molecule has 0 spiro atoms. The first-order valence-electron chi connectivity index (χ1n) is 6.35. The third-order valence-corrected chi connectivity index (χ3v) is 2.95. The Morgan fingerprint density at radius 2 is 2.39 bits per heavy atom. The molecule has 0 unspecified atom stereocenters. The Kier molecular flexibility index (Phi) is 3.97. The average Bonchev–Trinajstić information content (AvgIpc) is 3.18. The highest BCUT2D eigenvalue weighted by Gasteiger charge is 2.30. The summed E-state index contributed by atoms with van der Waals surface area (Å²) < 4.78 is 0. The summed E-state index contributed by atoms with van der Waals surface area (Å²) in [7, 11) is 0. The van der Waals surface area contributed by atoms with Gasteiger partial charge in [0.1, 0.15) is 5.82 Å². The van der Waals surface area contributed by atoms with Gasteiger partial charge in [0.2, 0.25) is 0 Å². The molecular formula is C14H18N2O2. The Balaban J connectivity index is 2.27. The maximum atomic E-state index is 10.6. The van der Waals surface area contributed by atoms with E-state index in [1.807, 2.05) is 12.1 Å². The minimum atomic E-state index is -0.932. The Morgan fingerprint density at radius 3 is 3.00 bits per heavy atom. The van der Waals surface area contributed by atoms with E-state index in [1.54, 1.807) is 12.3 Å². The number of carboxylic acid groups (broad SMARTS) is 1. The van der Waals surface area contributed by atoms with E-state index in [4.69, 9.17) is 5.11 Å². The molecular weight excluding hydrogens is 228 g/mol. The van der Waals surface area contributed by atoms with E-state index < -0.39 is 5.97 Å². The molecule has 4 nitrogen and oxygen atoms in total. The number of carbonyl (C=O) groups is 1. The van der Waals surface area contributed by atoms with Gasteiger partial charge in [-0.15, -0.1) is 0 Å². The number of anilines is 1. The zero-order valence-electron chi connectivity index (χ0n) is 10.5. The molecule has 0 amide bonds. The molecule has 1 heterocycles. The molecule has 0 atom stereocenters. The topological polar surface area (TPSA) is 53.4 Å². The van der Waals surface area contributed by atoms with Crippen LogP contribution in [0.3, 0.4) is 0 Å². The molecule has 4 heteroatoms. The van der Waals surface area contributed by atoms with Crippen molar-refractivity contribution < 1.29 is 9.90 Å². The van der Waals surface area contributed by atoms with Crippen molar-refractivity contribution >= 4 is 17.9 Å². The fourth-order valence-electron chi connectivity index (χ4n) is 2.03. The van der Waals surface area contributed by atoms with Crippen molar-refractivity contribution in [2.24, 2.45) is 0 Å². The van der Waals surface area contributed by atoms with Crippen molar-refractivity contribution in [2.45, 2.75) is 32.2 Å². The van der Waals surface area contributed by atoms with E-state index in [0.717, 1.165) is 30.4 Å². The second kappa shape index (κ2) is 5.67. The second-order valence-electron chi connectivity index (χ2n) is 4.51. The molecule has 2 rings (SSSR count). The Hall–Kier alpha value is -1.84. The first-order valence-corrected chi connectivity index (χ1v) is 6.35. The van der Waals surface area contributed by atoms with Crippen LogP contribution in [0.15, 0.2) is 24.4 Å². The highest BCUT2D eigenvalue weighted by molar-refractivity contribution is 5.86. The summed E-state index contributed by atoms with van der Waals surface area (Å²) in [4.78, 5) is 17.3. The van der Waals surface area contributed by atoms with Gasteiger partial charge in [0.25, 0.3) is 0 Å². The number of aromatic nitrogens is 1. The molecule has 1 aromatic heterocycles. The normalized spacial score (nSPS) is 14.9. The Labute approximate surface area is 107 Å². The molecule has 0 saturated heterocycles. The van der Waals surface area contributed by atoms with Gasteiger partial charge in [0, 0.05) is 30.4 Å². The van der Waals surface area contributed by atoms with Crippen molar-refractivity contribution in [3.05, 3.63) is 30.0 Å². The molecule has 1 fully saturated rings. The van der Waals surface area contributed by atoms with E-state index in [1.165, 1.54) is 12.8 Å². The fourth-order valence-corrected chi connectivity index (χ4v) is 2.03. The van der Waals surface area contributed by atoms with E-state index in [-0.39, 0.29) is 0 Å². The largest absolute Gasteiger partial charge is 0.478 e. The monoisotopic (exact) mass is 246 g/mol. The molecule has 1 aliphatic carbocycles. The van der Waals surface area contributed by atoms with E-state index >= 15 is 0 Å². The molecule has 1 aliphatic rings. The maximum absolute atomic E-state index is 10.6. The minimum Gasteiger partial charge on any atom is -0.478 e. The van der Waals surface area contributed by atoms with Crippen LogP contribution in [-0.2, 0) is 4.79 Å². The summed E-state index contributed by atoms with van der Waals surface area (Å²) in [6.07, 6.45) is 8.03. The lowest BCUT2D eigenvalue weighted by Gasteiger charge is -2.24. The zero-order valence-corrected chi connectivity index (χ0v) is 10.5. The molecule has 0 aromatic carbocycles. The third-order valence-electron chi connectivity index (χ3n) is 2.95. The maximum Gasteiger partial charge on any atom is 0.328 e. The Bertz CT molecular complexity index is 453.